The molecule has 0 saturated carbocycles. The molecule has 6 heteroatoms. The molecule has 0 radical (unpaired) electrons. The summed E-state index contributed by atoms with van der Waals surface area (Å²) in [7, 11) is 0. The van der Waals surface area contributed by atoms with E-state index in [0.29, 0.717) is 6.54 Å². The Bertz CT molecular complexity index is 649. The molecule has 3 heterocycles. The normalized spacial score (nSPS) is 20.9. The first-order chi connectivity index (χ1) is 11.2. The molecule has 0 aromatic carbocycles. The van der Waals surface area contributed by atoms with Crippen LogP contribution in [-0.4, -0.2) is 44.2 Å². The zero-order valence-electron chi connectivity index (χ0n) is 13.7. The van der Waals surface area contributed by atoms with E-state index in [-0.39, 0.29) is 12.0 Å². The van der Waals surface area contributed by atoms with E-state index in [1.54, 1.807) is 18.6 Å². The van der Waals surface area contributed by atoms with Crippen molar-refractivity contribution in [3.8, 4) is 0 Å². The molecule has 3 rings (SSSR count). The number of aliphatic hydroxyl groups is 1. The van der Waals surface area contributed by atoms with Gasteiger partial charge in [0.25, 0.3) is 0 Å². The monoisotopic (exact) mass is 313 g/mol. The molecule has 6 nitrogen and oxygen atoms in total. The Balaban J connectivity index is 1.77. The van der Waals surface area contributed by atoms with E-state index >= 15 is 0 Å². The van der Waals surface area contributed by atoms with Crippen LogP contribution in [0.15, 0.2) is 24.8 Å². The first kappa shape index (κ1) is 15.8. The van der Waals surface area contributed by atoms with Gasteiger partial charge in [-0.3, -0.25) is 9.97 Å². The molecule has 122 valence electrons. The van der Waals surface area contributed by atoms with Crippen molar-refractivity contribution in [2.75, 3.05) is 18.0 Å². The fraction of sp³-hybridized carbons (Fsp3) is 0.529. The minimum Gasteiger partial charge on any atom is -0.391 e. The number of aromatic nitrogens is 4. The van der Waals surface area contributed by atoms with E-state index in [1.807, 2.05) is 13.1 Å². The smallest absolute Gasteiger partial charge is 0.135 e. The second-order valence-corrected chi connectivity index (χ2v) is 6.15. The lowest BCUT2D eigenvalue weighted by Gasteiger charge is -2.20. The third-order valence-electron chi connectivity index (χ3n) is 4.28. The molecule has 2 atom stereocenters. The predicted octanol–water partition coefficient (Wildman–Crippen LogP) is 1.57. The highest BCUT2D eigenvalue weighted by Crippen LogP contribution is 2.27. The molecule has 1 saturated heterocycles. The van der Waals surface area contributed by atoms with Gasteiger partial charge < -0.3 is 10.0 Å². The van der Waals surface area contributed by atoms with Crippen LogP contribution in [0.1, 0.15) is 30.4 Å². The number of rotatable bonds is 5. The lowest BCUT2D eigenvalue weighted by atomic mass is 10.0. The summed E-state index contributed by atoms with van der Waals surface area (Å²) in [5.74, 6) is 1.89. The SMILES string of the molecule is CCCc1cnc(C)nc1N1C[C@@H](Cc2cnccn2)[C@H](O)C1. The summed E-state index contributed by atoms with van der Waals surface area (Å²) in [6, 6.07) is 0. The Morgan fingerprint density at radius 3 is 2.83 bits per heavy atom. The second-order valence-electron chi connectivity index (χ2n) is 6.15. The van der Waals surface area contributed by atoms with E-state index in [4.69, 9.17) is 0 Å². The molecule has 2 aromatic heterocycles. The summed E-state index contributed by atoms with van der Waals surface area (Å²) in [5.41, 5.74) is 2.08. The third kappa shape index (κ3) is 3.64. The highest BCUT2D eigenvalue weighted by molar-refractivity contribution is 5.47. The van der Waals surface area contributed by atoms with Crippen LogP contribution in [0.25, 0.3) is 0 Å². The van der Waals surface area contributed by atoms with Gasteiger partial charge in [0.1, 0.15) is 11.6 Å². The molecular weight excluding hydrogens is 290 g/mol. The molecule has 1 aliphatic heterocycles. The second kappa shape index (κ2) is 7.00. The van der Waals surface area contributed by atoms with Gasteiger partial charge in [-0.2, -0.15) is 0 Å². The molecule has 1 fully saturated rings. The van der Waals surface area contributed by atoms with E-state index in [0.717, 1.165) is 48.7 Å². The summed E-state index contributed by atoms with van der Waals surface area (Å²) in [6.07, 6.45) is 9.43. The van der Waals surface area contributed by atoms with Crippen LogP contribution in [0.5, 0.6) is 0 Å². The number of hydrogen-bond donors (Lipinski definition) is 1. The van der Waals surface area contributed by atoms with Crippen LogP contribution >= 0.6 is 0 Å². The number of aliphatic hydroxyl groups excluding tert-OH is 1. The molecule has 0 spiro atoms. The van der Waals surface area contributed by atoms with E-state index in [2.05, 4.69) is 31.8 Å². The number of nitrogens with zero attached hydrogens (tertiary/aromatic N) is 5. The molecule has 0 amide bonds. The van der Waals surface area contributed by atoms with Gasteiger partial charge >= 0.3 is 0 Å². The van der Waals surface area contributed by atoms with Gasteiger partial charge in [-0.05, 0) is 19.8 Å². The highest BCUT2D eigenvalue weighted by atomic mass is 16.3. The van der Waals surface area contributed by atoms with Gasteiger partial charge in [0.05, 0.1) is 11.8 Å². The zero-order chi connectivity index (χ0) is 16.2. The molecule has 23 heavy (non-hydrogen) atoms. The average Bonchev–Trinajstić information content (AvgIpc) is 2.91. The van der Waals surface area contributed by atoms with Crippen LogP contribution in [0.2, 0.25) is 0 Å². The van der Waals surface area contributed by atoms with Crippen molar-refractivity contribution in [3.05, 3.63) is 41.9 Å². The van der Waals surface area contributed by atoms with E-state index in [1.165, 1.54) is 0 Å². The molecule has 2 aromatic rings. The van der Waals surface area contributed by atoms with Gasteiger partial charge in [0.2, 0.25) is 0 Å². The van der Waals surface area contributed by atoms with Crippen LogP contribution in [0, 0.1) is 12.8 Å². The fourth-order valence-corrected chi connectivity index (χ4v) is 3.13. The fourth-order valence-electron chi connectivity index (χ4n) is 3.13. The van der Waals surface area contributed by atoms with Gasteiger partial charge in [-0.15, -0.1) is 0 Å². The van der Waals surface area contributed by atoms with Gasteiger partial charge in [-0.25, -0.2) is 9.97 Å². The quantitative estimate of drug-likeness (QED) is 0.903. The Morgan fingerprint density at radius 1 is 1.22 bits per heavy atom. The highest BCUT2D eigenvalue weighted by Gasteiger charge is 2.33. The van der Waals surface area contributed by atoms with Crippen molar-refractivity contribution in [2.24, 2.45) is 5.92 Å². The number of anilines is 1. The first-order valence-corrected chi connectivity index (χ1v) is 8.17. The van der Waals surface area contributed by atoms with Gasteiger partial charge in [0, 0.05) is 49.4 Å². The summed E-state index contributed by atoms with van der Waals surface area (Å²) in [6.45, 7) is 5.45. The molecule has 0 unspecified atom stereocenters. The topological polar surface area (TPSA) is 75.0 Å². The molecule has 1 N–H and O–H groups in total. The summed E-state index contributed by atoms with van der Waals surface area (Å²) < 4.78 is 0. The number of β-amino-alcohol motifs (C(OH)–C–C–N with tert-alkyl or cyclic N) is 1. The van der Waals surface area contributed by atoms with E-state index < -0.39 is 0 Å². The van der Waals surface area contributed by atoms with Crippen molar-refractivity contribution in [1.82, 2.24) is 19.9 Å². The average molecular weight is 313 g/mol. The third-order valence-corrected chi connectivity index (χ3v) is 4.28. The van der Waals surface area contributed by atoms with Crippen molar-refractivity contribution in [1.29, 1.82) is 0 Å². The summed E-state index contributed by atoms with van der Waals surface area (Å²) in [5, 5.41) is 10.4. The number of hydrogen-bond acceptors (Lipinski definition) is 6. The van der Waals surface area contributed by atoms with Crippen LogP contribution in [0.3, 0.4) is 0 Å². The van der Waals surface area contributed by atoms with Crippen LogP contribution < -0.4 is 4.90 Å². The lowest BCUT2D eigenvalue weighted by Crippen LogP contribution is -2.24. The minimum atomic E-state index is -0.373. The predicted molar refractivity (Wildman–Crippen MR) is 88.2 cm³/mol. The van der Waals surface area contributed by atoms with Crippen LogP contribution in [0.4, 0.5) is 5.82 Å². The largest absolute Gasteiger partial charge is 0.391 e. The molecule has 1 aliphatic rings. The number of aryl methyl sites for hydroxylation is 2. The van der Waals surface area contributed by atoms with Crippen molar-refractivity contribution < 1.29 is 5.11 Å². The Morgan fingerprint density at radius 2 is 2.09 bits per heavy atom. The maximum absolute atomic E-state index is 10.4. The molecule has 0 aliphatic carbocycles. The maximum Gasteiger partial charge on any atom is 0.135 e. The van der Waals surface area contributed by atoms with Crippen molar-refractivity contribution in [3.63, 3.8) is 0 Å². The Hall–Kier alpha value is -2.08. The summed E-state index contributed by atoms with van der Waals surface area (Å²) >= 11 is 0. The van der Waals surface area contributed by atoms with Crippen LogP contribution in [-0.2, 0) is 12.8 Å². The molecule has 0 bridgehead atoms. The van der Waals surface area contributed by atoms with Crippen molar-refractivity contribution >= 4 is 5.82 Å². The minimum absolute atomic E-state index is 0.149. The lowest BCUT2D eigenvalue weighted by molar-refractivity contribution is 0.147. The Labute approximate surface area is 136 Å². The summed E-state index contributed by atoms with van der Waals surface area (Å²) in [4.78, 5) is 19.5. The maximum atomic E-state index is 10.4. The zero-order valence-corrected chi connectivity index (χ0v) is 13.7. The van der Waals surface area contributed by atoms with Gasteiger partial charge in [0.15, 0.2) is 0 Å². The van der Waals surface area contributed by atoms with E-state index in [9.17, 15) is 5.11 Å². The standard InChI is InChI=1S/C17H23N5O/c1-3-4-13-8-20-12(2)21-17(13)22-10-14(16(23)11-22)7-15-9-18-5-6-19-15/h5-6,8-9,14,16,23H,3-4,7,10-11H2,1-2H3/t14-,16-/m1/s1. The van der Waals surface area contributed by atoms with Crippen molar-refractivity contribution in [2.45, 2.75) is 39.2 Å². The first-order valence-electron chi connectivity index (χ1n) is 8.17. The Kier molecular flexibility index (Phi) is 4.81. The van der Waals surface area contributed by atoms with Gasteiger partial charge in [-0.1, -0.05) is 13.3 Å². The molecular formula is C17H23N5O.